The van der Waals surface area contributed by atoms with Crippen LogP contribution in [0.15, 0.2) is 28.8 Å². The second-order valence-corrected chi connectivity index (χ2v) is 10.8. The van der Waals surface area contributed by atoms with Crippen molar-refractivity contribution in [1.82, 2.24) is 20.7 Å². The Morgan fingerprint density at radius 3 is 2.62 bits per heavy atom. The number of nitrogens with zero attached hydrogens (tertiary/aromatic N) is 2. The van der Waals surface area contributed by atoms with Crippen LogP contribution in [0.1, 0.15) is 62.9 Å². The Labute approximate surface area is 216 Å². The molecule has 2 N–H and O–H groups in total. The van der Waals surface area contributed by atoms with Crippen LogP contribution in [0.3, 0.4) is 0 Å². The second-order valence-electron chi connectivity index (χ2n) is 10.8. The number of hydrogen-bond acceptors (Lipinski definition) is 6. The van der Waals surface area contributed by atoms with Crippen molar-refractivity contribution in [2.24, 2.45) is 5.92 Å². The summed E-state index contributed by atoms with van der Waals surface area (Å²) in [6.07, 6.45) is 6.51. The molecule has 0 radical (unpaired) electrons. The van der Waals surface area contributed by atoms with Gasteiger partial charge in [0.2, 0.25) is 5.91 Å². The van der Waals surface area contributed by atoms with Crippen LogP contribution in [-0.4, -0.2) is 66.3 Å². The quantitative estimate of drug-likeness (QED) is 0.550. The normalized spacial score (nSPS) is 21.5. The van der Waals surface area contributed by atoms with E-state index in [1.54, 1.807) is 7.11 Å². The summed E-state index contributed by atoms with van der Waals surface area (Å²) in [5.41, 5.74) is -0.591. The highest BCUT2D eigenvalue weighted by Gasteiger charge is 2.39. The molecule has 0 unspecified atom stereocenters. The van der Waals surface area contributed by atoms with Gasteiger partial charge in [-0.3, -0.25) is 14.5 Å². The van der Waals surface area contributed by atoms with Gasteiger partial charge < -0.3 is 19.9 Å². The minimum absolute atomic E-state index is 0.00590. The predicted octanol–water partition coefficient (Wildman–Crippen LogP) is 3.91. The van der Waals surface area contributed by atoms with E-state index in [1.165, 1.54) is 31.4 Å². The maximum atomic E-state index is 14.2. The van der Waals surface area contributed by atoms with Gasteiger partial charge in [0.05, 0.1) is 23.6 Å². The highest BCUT2D eigenvalue weighted by atomic mass is 19.1. The number of methoxy groups -OCH3 is 1. The molecule has 2 aliphatic rings. The molecule has 2 aromatic rings. The monoisotopic (exact) mass is 518 g/mol. The highest BCUT2D eigenvalue weighted by Crippen LogP contribution is 2.29. The van der Waals surface area contributed by atoms with Crippen LogP contribution in [0.4, 0.5) is 8.78 Å². The zero-order chi connectivity index (χ0) is 26.6. The molecule has 0 bridgehead atoms. The summed E-state index contributed by atoms with van der Waals surface area (Å²) >= 11 is 0. The van der Waals surface area contributed by atoms with Gasteiger partial charge >= 0.3 is 0 Å². The van der Waals surface area contributed by atoms with Crippen LogP contribution in [0, 0.1) is 17.6 Å². The van der Waals surface area contributed by atoms with E-state index in [2.05, 4.69) is 20.7 Å². The molecule has 2 fully saturated rings. The molecule has 1 aromatic carbocycles. The first-order valence-electron chi connectivity index (χ1n) is 12.9. The van der Waals surface area contributed by atoms with Crippen molar-refractivity contribution in [3.05, 3.63) is 41.6 Å². The van der Waals surface area contributed by atoms with E-state index in [-0.39, 0.29) is 22.9 Å². The topological polar surface area (TPSA) is 96.7 Å². The first kappa shape index (κ1) is 27.2. The summed E-state index contributed by atoms with van der Waals surface area (Å²) in [7, 11) is 1.59. The number of rotatable bonds is 8. The fourth-order valence-corrected chi connectivity index (χ4v) is 5.46. The van der Waals surface area contributed by atoms with E-state index in [0.717, 1.165) is 31.5 Å². The largest absolute Gasteiger partial charge is 0.382 e. The van der Waals surface area contributed by atoms with Crippen LogP contribution in [0.25, 0.3) is 11.3 Å². The van der Waals surface area contributed by atoms with E-state index >= 15 is 0 Å². The molecule has 1 aliphatic carbocycles. The minimum Gasteiger partial charge on any atom is -0.382 e. The Kier molecular flexibility index (Phi) is 8.59. The molecule has 4 rings (SSSR count). The SMILES string of the molecule is COCC(C)(C)NC(=O)[C@H]1CN(C2CCCCC2)CC[C@@H]1NC(=O)c1cc(-c2ccc(F)cc2F)on1. The predicted molar refractivity (Wildman–Crippen MR) is 134 cm³/mol. The number of ether oxygens (including phenoxy) is 1. The van der Waals surface area contributed by atoms with Crippen molar-refractivity contribution in [3.8, 4) is 11.3 Å². The van der Waals surface area contributed by atoms with Crippen molar-refractivity contribution in [2.75, 3.05) is 26.8 Å². The van der Waals surface area contributed by atoms with E-state index in [4.69, 9.17) is 9.26 Å². The summed E-state index contributed by atoms with van der Waals surface area (Å²) in [5, 5.41) is 9.83. The Balaban J connectivity index is 1.49. The molecular weight excluding hydrogens is 482 g/mol. The second kappa shape index (κ2) is 11.7. The molecular formula is C27H36F2N4O4. The third-order valence-electron chi connectivity index (χ3n) is 7.29. The number of amides is 2. The first-order chi connectivity index (χ1) is 17.7. The molecule has 8 nitrogen and oxygen atoms in total. The summed E-state index contributed by atoms with van der Waals surface area (Å²) < 4.78 is 37.8. The number of halogens is 2. The lowest BCUT2D eigenvalue weighted by molar-refractivity contribution is -0.130. The van der Waals surface area contributed by atoms with Gasteiger partial charge in [0, 0.05) is 44.4 Å². The molecule has 10 heteroatoms. The smallest absolute Gasteiger partial charge is 0.273 e. The molecule has 1 aromatic heterocycles. The van der Waals surface area contributed by atoms with Crippen LogP contribution in [0.2, 0.25) is 0 Å². The lowest BCUT2D eigenvalue weighted by Crippen LogP contribution is -2.60. The number of benzene rings is 1. The molecule has 1 aliphatic heterocycles. The van der Waals surface area contributed by atoms with E-state index in [9.17, 15) is 18.4 Å². The maximum Gasteiger partial charge on any atom is 0.273 e. The van der Waals surface area contributed by atoms with Crippen LogP contribution < -0.4 is 10.6 Å². The molecule has 2 amide bonds. The van der Waals surface area contributed by atoms with Crippen molar-refractivity contribution in [2.45, 2.75) is 70.0 Å². The lowest BCUT2D eigenvalue weighted by Gasteiger charge is -2.43. The fourth-order valence-electron chi connectivity index (χ4n) is 5.46. The average Bonchev–Trinajstić information content (AvgIpc) is 3.34. The van der Waals surface area contributed by atoms with Gasteiger partial charge in [0.25, 0.3) is 5.91 Å². The minimum atomic E-state index is -0.811. The number of carbonyl (C=O) groups is 2. The third kappa shape index (κ3) is 6.73. The number of likely N-dealkylation sites (tertiary alicyclic amines) is 1. The van der Waals surface area contributed by atoms with E-state index in [0.29, 0.717) is 25.6 Å². The summed E-state index contributed by atoms with van der Waals surface area (Å²) in [6.45, 7) is 5.49. The third-order valence-corrected chi connectivity index (χ3v) is 7.29. The molecule has 1 saturated heterocycles. The molecule has 2 heterocycles. The number of aromatic nitrogens is 1. The van der Waals surface area contributed by atoms with Crippen LogP contribution >= 0.6 is 0 Å². The van der Waals surface area contributed by atoms with Crippen molar-refractivity contribution in [1.29, 1.82) is 0 Å². The van der Waals surface area contributed by atoms with Gasteiger partial charge in [-0.05, 0) is 45.2 Å². The van der Waals surface area contributed by atoms with E-state index in [1.807, 2.05) is 13.8 Å². The number of nitrogens with one attached hydrogen (secondary N) is 2. The Morgan fingerprint density at radius 2 is 1.92 bits per heavy atom. The van der Waals surface area contributed by atoms with Crippen molar-refractivity contribution < 1.29 is 27.6 Å². The molecule has 1 saturated carbocycles. The van der Waals surface area contributed by atoms with E-state index < -0.39 is 35.0 Å². The molecule has 2 atom stereocenters. The fraction of sp³-hybridized carbons (Fsp3) is 0.593. The summed E-state index contributed by atoms with van der Waals surface area (Å²) in [4.78, 5) is 28.9. The molecule has 0 spiro atoms. The van der Waals surface area contributed by atoms with Gasteiger partial charge in [0.15, 0.2) is 11.5 Å². The zero-order valence-electron chi connectivity index (χ0n) is 21.7. The van der Waals surface area contributed by atoms with Gasteiger partial charge in [-0.15, -0.1) is 0 Å². The molecule has 202 valence electrons. The standard InChI is InChI=1S/C27H36F2N4O4/c1-27(2,16-36-3)31-25(34)20-15-33(18-7-5-4-6-8-18)12-11-22(20)30-26(35)23-14-24(37-32-23)19-10-9-17(28)13-21(19)29/h9-10,13-14,18,20,22H,4-8,11-12,15-16H2,1-3H3,(H,30,35)(H,31,34)/t20-,22-/m0/s1. The zero-order valence-corrected chi connectivity index (χ0v) is 21.7. The van der Waals surface area contributed by atoms with Gasteiger partial charge in [0.1, 0.15) is 11.6 Å². The Bertz CT molecular complexity index is 1100. The Morgan fingerprint density at radius 1 is 1.16 bits per heavy atom. The molecule has 37 heavy (non-hydrogen) atoms. The number of piperidine rings is 1. The Hall–Kier alpha value is -2.85. The first-order valence-corrected chi connectivity index (χ1v) is 12.9. The van der Waals surface area contributed by atoms with Crippen molar-refractivity contribution >= 4 is 11.8 Å². The van der Waals surface area contributed by atoms with Gasteiger partial charge in [-0.1, -0.05) is 24.4 Å². The van der Waals surface area contributed by atoms with Crippen LogP contribution in [0.5, 0.6) is 0 Å². The highest BCUT2D eigenvalue weighted by molar-refractivity contribution is 5.94. The average molecular weight is 519 g/mol. The number of carbonyl (C=O) groups excluding carboxylic acids is 2. The van der Waals surface area contributed by atoms with Crippen LogP contribution in [-0.2, 0) is 9.53 Å². The maximum absolute atomic E-state index is 14.2. The lowest BCUT2D eigenvalue weighted by atomic mass is 9.86. The van der Waals surface area contributed by atoms with Crippen molar-refractivity contribution in [3.63, 3.8) is 0 Å². The van der Waals surface area contributed by atoms with Gasteiger partial charge in [-0.2, -0.15) is 0 Å². The summed E-state index contributed by atoms with van der Waals surface area (Å²) in [6, 6.07) is 4.45. The van der Waals surface area contributed by atoms with Gasteiger partial charge in [-0.25, -0.2) is 8.78 Å². The summed E-state index contributed by atoms with van der Waals surface area (Å²) in [5.74, 6) is -2.61. The number of hydrogen-bond donors (Lipinski definition) is 2.